The van der Waals surface area contributed by atoms with E-state index in [-0.39, 0.29) is 11.9 Å². The Bertz CT molecular complexity index is 1310. The van der Waals surface area contributed by atoms with Crippen LogP contribution in [0.5, 0.6) is 0 Å². The lowest BCUT2D eigenvalue weighted by atomic mass is 10.0. The van der Waals surface area contributed by atoms with Gasteiger partial charge in [0.05, 0.1) is 29.1 Å². The molecule has 34 heavy (non-hydrogen) atoms. The summed E-state index contributed by atoms with van der Waals surface area (Å²) in [7, 11) is 2.10. The number of nitrogens with zero attached hydrogens (tertiary/aromatic N) is 3. The number of benzene rings is 2. The third-order valence-corrected chi connectivity index (χ3v) is 7.57. The SMILES string of the molecule is Cc1ccn2c(CC3CN(C)CCO3)c(-c3cc(F)c(SCc4ccccc4)cc3Cl)nc2c1. The molecule has 1 atom stereocenters. The van der Waals surface area contributed by atoms with Crippen molar-refractivity contribution < 1.29 is 9.13 Å². The molecule has 1 fully saturated rings. The smallest absolute Gasteiger partial charge is 0.137 e. The van der Waals surface area contributed by atoms with Gasteiger partial charge < -0.3 is 14.0 Å². The first-order valence-electron chi connectivity index (χ1n) is 11.4. The predicted octanol–water partition coefficient (Wildman–Crippen LogP) is 6.27. The minimum atomic E-state index is -0.284. The van der Waals surface area contributed by atoms with Crippen molar-refractivity contribution in [3.05, 3.63) is 88.5 Å². The number of imidazole rings is 1. The third kappa shape index (κ3) is 5.01. The van der Waals surface area contributed by atoms with E-state index < -0.39 is 0 Å². The maximum atomic E-state index is 15.2. The van der Waals surface area contributed by atoms with Crippen LogP contribution in [-0.2, 0) is 16.9 Å². The fraction of sp³-hybridized carbons (Fsp3) is 0.296. The van der Waals surface area contributed by atoms with Crippen molar-refractivity contribution in [1.82, 2.24) is 14.3 Å². The van der Waals surface area contributed by atoms with Crippen LogP contribution in [0.15, 0.2) is 65.7 Å². The van der Waals surface area contributed by atoms with E-state index in [1.807, 2.05) is 49.5 Å². The van der Waals surface area contributed by atoms with Gasteiger partial charge in [0.1, 0.15) is 11.5 Å². The Kier molecular flexibility index (Phi) is 6.93. The van der Waals surface area contributed by atoms with Crippen LogP contribution >= 0.6 is 23.4 Å². The summed E-state index contributed by atoms with van der Waals surface area (Å²) in [6.45, 7) is 4.51. The molecule has 2 aromatic heterocycles. The van der Waals surface area contributed by atoms with Gasteiger partial charge in [-0.3, -0.25) is 0 Å². The van der Waals surface area contributed by atoms with E-state index >= 15 is 4.39 Å². The van der Waals surface area contributed by atoms with E-state index in [0.717, 1.165) is 35.6 Å². The van der Waals surface area contributed by atoms with Gasteiger partial charge in [0.15, 0.2) is 0 Å². The lowest BCUT2D eigenvalue weighted by molar-refractivity contribution is -0.0190. The zero-order chi connectivity index (χ0) is 23.7. The van der Waals surface area contributed by atoms with Gasteiger partial charge in [0.25, 0.3) is 0 Å². The molecule has 1 unspecified atom stereocenters. The Morgan fingerprint density at radius 3 is 2.79 bits per heavy atom. The highest BCUT2D eigenvalue weighted by molar-refractivity contribution is 7.98. The lowest BCUT2D eigenvalue weighted by Gasteiger charge is -2.30. The molecule has 0 radical (unpaired) electrons. The summed E-state index contributed by atoms with van der Waals surface area (Å²) >= 11 is 8.19. The minimum Gasteiger partial charge on any atom is -0.375 e. The van der Waals surface area contributed by atoms with Crippen molar-refractivity contribution in [2.45, 2.75) is 30.1 Å². The summed E-state index contributed by atoms with van der Waals surface area (Å²) in [6, 6.07) is 17.4. The molecule has 3 heterocycles. The predicted molar refractivity (Wildman–Crippen MR) is 137 cm³/mol. The second kappa shape index (κ2) is 10.1. The average Bonchev–Trinajstić information content (AvgIpc) is 3.17. The molecule has 0 spiro atoms. The molecule has 0 aliphatic carbocycles. The van der Waals surface area contributed by atoms with E-state index in [1.54, 1.807) is 6.07 Å². The van der Waals surface area contributed by atoms with Gasteiger partial charge in [-0.2, -0.15) is 0 Å². The van der Waals surface area contributed by atoms with E-state index in [9.17, 15) is 0 Å². The fourth-order valence-corrected chi connectivity index (χ4v) is 5.60. The molecule has 2 aromatic carbocycles. The van der Waals surface area contributed by atoms with Crippen LogP contribution < -0.4 is 0 Å². The Morgan fingerprint density at radius 2 is 2.00 bits per heavy atom. The highest BCUT2D eigenvalue weighted by atomic mass is 35.5. The molecule has 1 aliphatic rings. The fourth-order valence-electron chi connectivity index (χ4n) is 4.37. The maximum Gasteiger partial charge on any atom is 0.137 e. The normalized spacial score (nSPS) is 16.9. The molecule has 176 valence electrons. The number of halogens is 2. The maximum absolute atomic E-state index is 15.2. The highest BCUT2D eigenvalue weighted by Gasteiger charge is 2.24. The average molecular weight is 496 g/mol. The zero-order valence-electron chi connectivity index (χ0n) is 19.3. The number of fused-ring (bicyclic) bond motifs is 1. The van der Waals surface area contributed by atoms with Crippen LogP contribution in [0, 0.1) is 12.7 Å². The largest absolute Gasteiger partial charge is 0.375 e. The number of morpholine rings is 1. The first-order valence-corrected chi connectivity index (χ1v) is 12.8. The summed E-state index contributed by atoms with van der Waals surface area (Å²) in [5, 5.41) is 0.500. The third-order valence-electron chi connectivity index (χ3n) is 6.16. The Labute approximate surface area is 208 Å². The van der Waals surface area contributed by atoms with E-state index in [2.05, 4.69) is 22.4 Å². The van der Waals surface area contributed by atoms with Crippen molar-refractivity contribution in [3.63, 3.8) is 0 Å². The van der Waals surface area contributed by atoms with Crippen LogP contribution in [0.25, 0.3) is 16.9 Å². The molecule has 4 aromatic rings. The van der Waals surface area contributed by atoms with Crippen LogP contribution in [0.2, 0.25) is 5.02 Å². The number of hydrogen-bond acceptors (Lipinski definition) is 4. The molecule has 0 amide bonds. The quantitative estimate of drug-likeness (QED) is 0.295. The van der Waals surface area contributed by atoms with Crippen LogP contribution in [0.1, 0.15) is 16.8 Å². The number of pyridine rings is 1. The summed E-state index contributed by atoms with van der Waals surface area (Å²) in [5.74, 6) is 0.395. The van der Waals surface area contributed by atoms with Crippen molar-refractivity contribution in [1.29, 1.82) is 0 Å². The van der Waals surface area contributed by atoms with E-state index in [4.69, 9.17) is 21.3 Å². The Morgan fingerprint density at radius 1 is 1.18 bits per heavy atom. The van der Waals surface area contributed by atoms with Crippen molar-refractivity contribution in [3.8, 4) is 11.3 Å². The molecule has 1 saturated heterocycles. The summed E-state index contributed by atoms with van der Waals surface area (Å²) in [6.07, 6.45) is 2.74. The number of likely N-dealkylation sites (N-methyl/N-ethyl adjacent to an activating group) is 1. The van der Waals surface area contributed by atoms with E-state index in [1.165, 1.54) is 17.8 Å². The molecular weight excluding hydrogens is 469 g/mol. The number of ether oxygens (including phenoxy) is 1. The zero-order valence-corrected chi connectivity index (χ0v) is 20.9. The lowest BCUT2D eigenvalue weighted by Crippen LogP contribution is -2.41. The highest BCUT2D eigenvalue weighted by Crippen LogP contribution is 2.37. The molecule has 5 rings (SSSR count). The molecule has 0 bridgehead atoms. The minimum absolute atomic E-state index is 0.0445. The van der Waals surface area contributed by atoms with Gasteiger partial charge in [-0.25, -0.2) is 9.37 Å². The van der Waals surface area contributed by atoms with Crippen LogP contribution in [-0.4, -0.2) is 47.1 Å². The summed E-state index contributed by atoms with van der Waals surface area (Å²) < 4.78 is 23.3. The van der Waals surface area contributed by atoms with Crippen LogP contribution in [0.3, 0.4) is 0 Å². The molecule has 0 N–H and O–H groups in total. The van der Waals surface area contributed by atoms with Crippen molar-refractivity contribution in [2.24, 2.45) is 0 Å². The molecule has 0 saturated carbocycles. The van der Waals surface area contributed by atoms with Gasteiger partial charge in [-0.1, -0.05) is 41.9 Å². The number of hydrogen-bond donors (Lipinski definition) is 0. The standard InChI is InChI=1S/C27H27ClFN3OS/c1-18-8-9-32-24(13-20-16-31(2)10-11-33-20)27(30-26(32)12-18)21-14-23(29)25(15-22(21)28)34-17-19-6-4-3-5-7-19/h3-9,12,14-15,20H,10-11,13,16-17H2,1-2H3. The van der Waals surface area contributed by atoms with Gasteiger partial charge in [0, 0.05) is 41.9 Å². The second-order valence-electron chi connectivity index (χ2n) is 8.84. The number of aryl methyl sites for hydroxylation is 1. The number of thioether (sulfide) groups is 1. The summed E-state index contributed by atoms with van der Waals surface area (Å²) in [4.78, 5) is 7.70. The first kappa shape index (κ1) is 23.4. The number of rotatable bonds is 6. The van der Waals surface area contributed by atoms with Gasteiger partial charge in [0.2, 0.25) is 0 Å². The molecule has 4 nitrogen and oxygen atoms in total. The van der Waals surface area contributed by atoms with Crippen molar-refractivity contribution in [2.75, 3.05) is 26.7 Å². The van der Waals surface area contributed by atoms with Crippen LogP contribution in [0.4, 0.5) is 4.39 Å². The monoisotopic (exact) mass is 495 g/mol. The van der Waals surface area contributed by atoms with E-state index in [0.29, 0.717) is 40.0 Å². The summed E-state index contributed by atoms with van der Waals surface area (Å²) in [5.41, 5.74) is 5.40. The van der Waals surface area contributed by atoms with Crippen molar-refractivity contribution >= 4 is 29.0 Å². The van der Waals surface area contributed by atoms with Gasteiger partial charge in [-0.05, 0) is 49.4 Å². The Hall–Kier alpha value is -2.38. The first-order chi connectivity index (χ1) is 16.5. The second-order valence-corrected chi connectivity index (χ2v) is 10.3. The van der Waals surface area contributed by atoms with Gasteiger partial charge in [-0.15, -0.1) is 11.8 Å². The van der Waals surface area contributed by atoms with Gasteiger partial charge >= 0.3 is 0 Å². The molecular formula is C27H27ClFN3OS. The number of aromatic nitrogens is 2. The Balaban J connectivity index is 1.50. The topological polar surface area (TPSA) is 29.8 Å². The molecule has 1 aliphatic heterocycles. The molecule has 7 heteroatoms.